The van der Waals surface area contributed by atoms with E-state index in [1.807, 2.05) is 0 Å². The van der Waals surface area contributed by atoms with Crippen LogP contribution in [0.2, 0.25) is 0 Å². The summed E-state index contributed by atoms with van der Waals surface area (Å²) in [6, 6.07) is 12.7. The van der Waals surface area contributed by atoms with Gasteiger partial charge in [-0.3, -0.25) is 9.59 Å². The molecule has 2 N–H and O–H groups in total. The summed E-state index contributed by atoms with van der Waals surface area (Å²) in [4.78, 5) is 25.2. The Morgan fingerprint density at radius 1 is 0.926 bits per heavy atom. The molecule has 0 aliphatic heterocycles. The lowest BCUT2D eigenvalue weighted by atomic mass is 10.1. The summed E-state index contributed by atoms with van der Waals surface area (Å²) in [6.45, 7) is 0. The van der Waals surface area contributed by atoms with Crippen molar-refractivity contribution in [3.8, 4) is 0 Å². The van der Waals surface area contributed by atoms with Gasteiger partial charge in [-0.25, -0.2) is 8.42 Å². The van der Waals surface area contributed by atoms with E-state index < -0.39 is 15.7 Å². The smallest absolute Gasteiger partial charge is 0.255 e. The molecule has 0 unspecified atom stereocenters. The van der Waals surface area contributed by atoms with Crippen LogP contribution in [0.5, 0.6) is 0 Å². The molecule has 0 atom stereocenters. The van der Waals surface area contributed by atoms with Crippen molar-refractivity contribution in [2.75, 3.05) is 11.6 Å². The largest absolute Gasteiger partial charge is 0.349 e. The number of rotatable bonds is 5. The maximum atomic E-state index is 12.6. The monoisotopic (exact) mass is 386 g/mol. The highest BCUT2D eigenvalue weighted by molar-refractivity contribution is 7.90. The zero-order valence-electron chi connectivity index (χ0n) is 15.1. The third kappa shape index (κ3) is 4.74. The Hall–Kier alpha value is -2.67. The fraction of sp³-hybridized carbons (Fsp3) is 0.300. The first-order valence-electron chi connectivity index (χ1n) is 8.86. The molecule has 0 radical (unpaired) electrons. The van der Waals surface area contributed by atoms with Crippen molar-refractivity contribution in [3.05, 3.63) is 59.7 Å². The molecule has 1 aliphatic rings. The van der Waals surface area contributed by atoms with Crippen LogP contribution in [0.4, 0.5) is 5.69 Å². The summed E-state index contributed by atoms with van der Waals surface area (Å²) in [5.41, 5.74) is 1.14. The first kappa shape index (κ1) is 19.1. The highest BCUT2D eigenvalue weighted by Gasteiger charge is 2.20. The second kappa shape index (κ2) is 7.92. The molecule has 1 aliphatic carbocycles. The van der Waals surface area contributed by atoms with Crippen molar-refractivity contribution in [3.63, 3.8) is 0 Å². The van der Waals surface area contributed by atoms with Gasteiger partial charge in [0.05, 0.1) is 16.1 Å². The van der Waals surface area contributed by atoms with Gasteiger partial charge >= 0.3 is 0 Å². The molecule has 3 rings (SSSR count). The predicted octanol–water partition coefficient (Wildman–Crippen LogP) is 3.01. The molecule has 0 bridgehead atoms. The minimum atomic E-state index is -3.32. The maximum absolute atomic E-state index is 12.6. The molecule has 2 aromatic rings. The molecule has 27 heavy (non-hydrogen) atoms. The van der Waals surface area contributed by atoms with Crippen molar-refractivity contribution in [1.29, 1.82) is 0 Å². The first-order valence-corrected chi connectivity index (χ1v) is 10.7. The Labute approximate surface area is 158 Å². The Kier molecular flexibility index (Phi) is 5.60. The van der Waals surface area contributed by atoms with E-state index in [0.29, 0.717) is 16.8 Å². The number of amides is 2. The first-order chi connectivity index (χ1) is 12.8. The average molecular weight is 386 g/mol. The number of carbonyl (C=O) groups excluding carboxylic acids is 2. The molecule has 6 nitrogen and oxygen atoms in total. The molecule has 0 saturated heterocycles. The van der Waals surface area contributed by atoms with Gasteiger partial charge in [0.2, 0.25) is 0 Å². The second-order valence-corrected chi connectivity index (χ2v) is 8.77. The molecule has 0 spiro atoms. The van der Waals surface area contributed by atoms with Gasteiger partial charge in [-0.15, -0.1) is 0 Å². The molecular weight excluding hydrogens is 364 g/mol. The lowest BCUT2D eigenvalue weighted by molar-refractivity contribution is 0.0938. The highest BCUT2D eigenvalue weighted by atomic mass is 32.2. The van der Waals surface area contributed by atoms with Gasteiger partial charge in [-0.05, 0) is 49.2 Å². The van der Waals surface area contributed by atoms with Crippen LogP contribution in [-0.2, 0) is 9.84 Å². The lowest BCUT2D eigenvalue weighted by Gasteiger charge is -2.15. The van der Waals surface area contributed by atoms with E-state index >= 15 is 0 Å². The Morgan fingerprint density at radius 3 is 2.19 bits per heavy atom. The zero-order chi connectivity index (χ0) is 19.4. The van der Waals surface area contributed by atoms with Crippen LogP contribution in [0.3, 0.4) is 0 Å². The van der Waals surface area contributed by atoms with Gasteiger partial charge in [-0.2, -0.15) is 0 Å². The summed E-state index contributed by atoms with van der Waals surface area (Å²) >= 11 is 0. The van der Waals surface area contributed by atoms with Crippen molar-refractivity contribution < 1.29 is 18.0 Å². The number of para-hydroxylation sites is 1. The summed E-state index contributed by atoms with van der Waals surface area (Å²) in [5.74, 6) is -0.610. The summed E-state index contributed by atoms with van der Waals surface area (Å²) in [7, 11) is -3.32. The molecule has 2 aromatic carbocycles. The molecule has 1 saturated carbocycles. The number of carbonyl (C=O) groups is 2. The van der Waals surface area contributed by atoms with E-state index in [2.05, 4.69) is 10.6 Å². The molecule has 0 aromatic heterocycles. The molecule has 7 heteroatoms. The van der Waals surface area contributed by atoms with Gasteiger partial charge in [0, 0.05) is 17.9 Å². The van der Waals surface area contributed by atoms with E-state index in [0.717, 1.165) is 31.9 Å². The minimum Gasteiger partial charge on any atom is -0.349 e. The van der Waals surface area contributed by atoms with Crippen molar-refractivity contribution in [1.82, 2.24) is 5.32 Å². The maximum Gasteiger partial charge on any atom is 0.255 e. The Morgan fingerprint density at radius 2 is 1.56 bits per heavy atom. The van der Waals surface area contributed by atoms with E-state index in [9.17, 15) is 18.0 Å². The van der Waals surface area contributed by atoms with Crippen LogP contribution in [0, 0.1) is 0 Å². The average Bonchev–Trinajstić information content (AvgIpc) is 3.14. The van der Waals surface area contributed by atoms with Crippen molar-refractivity contribution in [2.45, 2.75) is 36.6 Å². The van der Waals surface area contributed by atoms with Crippen LogP contribution in [0.25, 0.3) is 0 Å². The van der Waals surface area contributed by atoms with E-state index in [1.54, 1.807) is 24.3 Å². The van der Waals surface area contributed by atoms with Gasteiger partial charge < -0.3 is 10.6 Å². The van der Waals surface area contributed by atoms with Crippen LogP contribution in [0.1, 0.15) is 46.4 Å². The van der Waals surface area contributed by atoms with Crippen LogP contribution >= 0.6 is 0 Å². The van der Waals surface area contributed by atoms with Crippen LogP contribution < -0.4 is 10.6 Å². The minimum absolute atomic E-state index is 0.149. The van der Waals surface area contributed by atoms with Crippen LogP contribution in [0.15, 0.2) is 53.4 Å². The van der Waals surface area contributed by atoms with Gasteiger partial charge in [-0.1, -0.05) is 25.0 Å². The molecule has 0 heterocycles. The second-order valence-electron chi connectivity index (χ2n) is 6.75. The number of benzene rings is 2. The zero-order valence-corrected chi connectivity index (χ0v) is 15.9. The molecule has 2 amide bonds. The normalized spacial score (nSPS) is 14.7. The quantitative estimate of drug-likeness (QED) is 0.826. The number of anilines is 1. The third-order valence-electron chi connectivity index (χ3n) is 4.65. The fourth-order valence-corrected chi connectivity index (χ4v) is 3.80. The topological polar surface area (TPSA) is 92.3 Å². The van der Waals surface area contributed by atoms with Gasteiger partial charge in [0.15, 0.2) is 9.84 Å². The Bertz CT molecular complexity index is 946. The lowest BCUT2D eigenvalue weighted by Crippen LogP contribution is -2.33. The van der Waals surface area contributed by atoms with Crippen LogP contribution in [-0.4, -0.2) is 32.5 Å². The van der Waals surface area contributed by atoms with Crippen molar-refractivity contribution >= 4 is 27.3 Å². The summed E-state index contributed by atoms with van der Waals surface area (Å²) < 4.78 is 23.0. The van der Waals surface area contributed by atoms with E-state index in [1.165, 1.54) is 24.3 Å². The standard InChI is InChI=1S/C20H22N2O4S/c1-27(25,26)16-12-10-14(11-13-16)19(23)22-18-9-5-4-8-17(18)20(24)21-15-6-2-3-7-15/h4-5,8-13,15H,2-3,6-7H2,1H3,(H,21,24)(H,22,23). The molecule has 1 fully saturated rings. The fourth-order valence-electron chi connectivity index (χ4n) is 3.17. The Balaban J connectivity index is 1.75. The molecule has 142 valence electrons. The van der Waals surface area contributed by atoms with E-state index in [4.69, 9.17) is 0 Å². The summed E-state index contributed by atoms with van der Waals surface area (Å²) in [5, 5.41) is 5.76. The number of sulfone groups is 1. The highest BCUT2D eigenvalue weighted by Crippen LogP contribution is 2.21. The van der Waals surface area contributed by atoms with Gasteiger partial charge in [0.25, 0.3) is 11.8 Å². The van der Waals surface area contributed by atoms with Gasteiger partial charge in [0.1, 0.15) is 0 Å². The summed E-state index contributed by atoms with van der Waals surface area (Å²) in [6.07, 6.45) is 5.31. The number of hydrogen-bond donors (Lipinski definition) is 2. The molecular formula is C20H22N2O4S. The predicted molar refractivity (Wildman–Crippen MR) is 104 cm³/mol. The van der Waals surface area contributed by atoms with E-state index in [-0.39, 0.29) is 16.8 Å². The van der Waals surface area contributed by atoms with Crippen molar-refractivity contribution in [2.24, 2.45) is 0 Å². The number of nitrogens with one attached hydrogen (secondary N) is 2. The number of hydrogen-bond acceptors (Lipinski definition) is 4. The SMILES string of the molecule is CS(=O)(=O)c1ccc(C(=O)Nc2ccccc2C(=O)NC2CCCC2)cc1. The third-order valence-corrected chi connectivity index (χ3v) is 5.78.